The van der Waals surface area contributed by atoms with Crippen LogP contribution in [0.15, 0.2) is 54.6 Å². The second-order valence-electron chi connectivity index (χ2n) is 11.6. The van der Waals surface area contributed by atoms with Gasteiger partial charge in [0.15, 0.2) is 11.6 Å². The molecule has 1 saturated heterocycles. The lowest BCUT2D eigenvalue weighted by Crippen LogP contribution is -2.25. The van der Waals surface area contributed by atoms with Crippen LogP contribution < -0.4 is 0 Å². The summed E-state index contributed by atoms with van der Waals surface area (Å²) in [6.07, 6.45) is 9.76. The van der Waals surface area contributed by atoms with Crippen LogP contribution in [0.4, 0.5) is 13.2 Å². The highest BCUT2D eigenvalue weighted by molar-refractivity contribution is 5.71. The van der Waals surface area contributed by atoms with Crippen molar-refractivity contribution in [3.8, 4) is 22.3 Å². The first-order valence-corrected chi connectivity index (χ1v) is 14.0. The molecule has 1 unspecified atom stereocenters. The minimum atomic E-state index is -0.857. The first kappa shape index (κ1) is 24.7. The first-order chi connectivity index (χ1) is 18.0. The third-order valence-electron chi connectivity index (χ3n) is 9.26. The molecule has 0 spiro atoms. The molecule has 3 aliphatic rings. The molecule has 2 aliphatic carbocycles. The molecule has 0 amide bonds. The highest BCUT2D eigenvalue weighted by Gasteiger charge is 2.32. The average molecular weight is 505 g/mol. The molecule has 0 N–H and O–H groups in total. The highest BCUT2D eigenvalue weighted by Crippen LogP contribution is 2.44. The van der Waals surface area contributed by atoms with E-state index >= 15 is 4.39 Å². The standard InChI is InChI=1S/C33H35F3O/c1-20-2-4-21(5-3-20)22-6-10-24(11-7-22)27-15-14-26(18-30(27)34)23-8-12-25(13-9-23)28-16-17-29(31-19-37-31)33(36)32(28)35/h8-9,12-18,20-22,24,31H,2-7,10-11,19H2,1H3. The number of halogens is 3. The lowest BCUT2D eigenvalue weighted by molar-refractivity contribution is 0.164. The Kier molecular flexibility index (Phi) is 6.88. The Morgan fingerprint density at radius 3 is 1.81 bits per heavy atom. The van der Waals surface area contributed by atoms with E-state index in [-0.39, 0.29) is 23.0 Å². The van der Waals surface area contributed by atoms with Gasteiger partial charge in [-0.3, -0.25) is 0 Å². The van der Waals surface area contributed by atoms with Crippen LogP contribution in [-0.4, -0.2) is 6.61 Å². The van der Waals surface area contributed by atoms with Crippen LogP contribution in [0, 0.1) is 35.2 Å². The van der Waals surface area contributed by atoms with Crippen molar-refractivity contribution in [1.82, 2.24) is 0 Å². The van der Waals surface area contributed by atoms with Gasteiger partial charge in [0.1, 0.15) is 11.9 Å². The van der Waals surface area contributed by atoms with E-state index < -0.39 is 11.6 Å². The molecule has 37 heavy (non-hydrogen) atoms. The molecule has 0 radical (unpaired) electrons. The van der Waals surface area contributed by atoms with Crippen LogP contribution >= 0.6 is 0 Å². The van der Waals surface area contributed by atoms with Crippen molar-refractivity contribution in [2.45, 2.75) is 70.3 Å². The van der Waals surface area contributed by atoms with Gasteiger partial charge in [0.25, 0.3) is 0 Å². The van der Waals surface area contributed by atoms with E-state index in [0.29, 0.717) is 18.1 Å². The number of hydrogen-bond acceptors (Lipinski definition) is 1. The summed E-state index contributed by atoms with van der Waals surface area (Å²) in [5.74, 6) is 1.05. The van der Waals surface area contributed by atoms with Gasteiger partial charge in [-0.1, -0.05) is 68.3 Å². The predicted octanol–water partition coefficient (Wildman–Crippen LogP) is 9.61. The van der Waals surface area contributed by atoms with Crippen LogP contribution in [0.5, 0.6) is 0 Å². The number of benzene rings is 3. The molecule has 0 bridgehead atoms. The summed E-state index contributed by atoms with van der Waals surface area (Å²) >= 11 is 0. The summed E-state index contributed by atoms with van der Waals surface area (Å²) in [4.78, 5) is 0. The van der Waals surface area contributed by atoms with Gasteiger partial charge in [0, 0.05) is 11.1 Å². The van der Waals surface area contributed by atoms with Crippen molar-refractivity contribution in [2.75, 3.05) is 6.61 Å². The van der Waals surface area contributed by atoms with E-state index in [1.807, 2.05) is 24.3 Å². The van der Waals surface area contributed by atoms with Crippen molar-refractivity contribution in [2.24, 2.45) is 17.8 Å². The zero-order valence-electron chi connectivity index (χ0n) is 21.5. The molecule has 1 aliphatic heterocycles. The molecule has 194 valence electrons. The predicted molar refractivity (Wildman–Crippen MR) is 142 cm³/mol. The van der Waals surface area contributed by atoms with Crippen LogP contribution in [0.25, 0.3) is 22.3 Å². The molecule has 0 aromatic heterocycles. The molecule has 3 aromatic carbocycles. The fourth-order valence-electron chi connectivity index (χ4n) is 6.80. The SMILES string of the molecule is CC1CCC(C2CCC(c3ccc(-c4ccc(-c5ccc(C6CO6)c(F)c5F)cc4)cc3F)CC2)CC1. The van der Waals surface area contributed by atoms with Crippen LogP contribution in [0.1, 0.15) is 81.4 Å². The van der Waals surface area contributed by atoms with Gasteiger partial charge in [-0.15, -0.1) is 0 Å². The van der Waals surface area contributed by atoms with Gasteiger partial charge >= 0.3 is 0 Å². The van der Waals surface area contributed by atoms with E-state index in [9.17, 15) is 8.78 Å². The Balaban J connectivity index is 1.13. The highest BCUT2D eigenvalue weighted by atomic mass is 19.2. The summed E-state index contributed by atoms with van der Waals surface area (Å²) in [6, 6.07) is 16.0. The number of hydrogen-bond donors (Lipinski definition) is 0. The monoisotopic (exact) mass is 504 g/mol. The van der Waals surface area contributed by atoms with E-state index in [1.54, 1.807) is 30.3 Å². The van der Waals surface area contributed by atoms with E-state index in [0.717, 1.165) is 47.3 Å². The lowest BCUT2D eigenvalue weighted by Gasteiger charge is -2.37. The van der Waals surface area contributed by atoms with Crippen molar-refractivity contribution < 1.29 is 17.9 Å². The molecule has 1 atom stereocenters. The van der Waals surface area contributed by atoms with Crippen LogP contribution in [-0.2, 0) is 4.74 Å². The lowest BCUT2D eigenvalue weighted by atomic mass is 9.68. The van der Waals surface area contributed by atoms with Crippen molar-refractivity contribution in [1.29, 1.82) is 0 Å². The molecule has 4 heteroatoms. The topological polar surface area (TPSA) is 12.5 Å². The molecule has 6 rings (SSSR count). The first-order valence-electron chi connectivity index (χ1n) is 14.0. The number of epoxide rings is 1. The zero-order chi connectivity index (χ0) is 25.5. The van der Waals surface area contributed by atoms with Crippen LogP contribution in [0.2, 0.25) is 0 Å². The second-order valence-corrected chi connectivity index (χ2v) is 11.6. The third kappa shape index (κ3) is 5.10. The Bertz CT molecular complexity index is 1250. The van der Waals surface area contributed by atoms with Gasteiger partial charge in [0.05, 0.1) is 6.61 Å². The minimum absolute atomic E-state index is 0.137. The summed E-state index contributed by atoms with van der Waals surface area (Å²) in [6.45, 7) is 2.80. The zero-order valence-corrected chi connectivity index (χ0v) is 21.5. The Labute approximate surface area is 218 Å². The molecule has 3 fully saturated rings. The number of ether oxygens (including phenoxy) is 1. The fourth-order valence-corrected chi connectivity index (χ4v) is 6.80. The Morgan fingerprint density at radius 2 is 1.19 bits per heavy atom. The Morgan fingerprint density at radius 1 is 0.622 bits per heavy atom. The fraction of sp³-hybridized carbons (Fsp3) is 0.455. The molecule has 1 heterocycles. The largest absolute Gasteiger partial charge is 0.368 e. The van der Waals surface area contributed by atoms with E-state index in [1.165, 1.54) is 38.5 Å². The third-order valence-corrected chi connectivity index (χ3v) is 9.26. The molecule has 1 nitrogen and oxygen atoms in total. The molecular formula is C33H35F3O. The maximum absolute atomic E-state index is 15.3. The van der Waals surface area contributed by atoms with Gasteiger partial charge in [-0.25, -0.2) is 13.2 Å². The average Bonchev–Trinajstić information content (AvgIpc) is 3.76. The summed E-state index contributed by atoms with van der Waals surface area (Å²) < 4.78 is 49.5. The Hall–Kier alpha value is -2.59. The van der Waals surface area contributed by atoms with Gasteiger partial charge < -0.3 is 4.74 Å². The smallest absolute Gasteiger partial charge is 0.167 e. The summed E-state index contributed by atoms with van der Waals surface area (Å²) in [5.41, 5.74) is 3.57. The summed E-state index contributed by atoms with van der Waals surface area (Å²) in [5, 5.41) is 0. The van der Waals surface area contributed by atoms with Crippen molar-refractivity contribution in [3.05, 3.63) is 83.2 Å². The van der Waals surface area contributed by atoms with E-state index in [2.05, 4.69) is 6.92 Å². The van der Waals surface area contributed by atoms with Crippen molar-refractivity contribution >= 4 is 0 Å². The molecule has 2 saturated carbocycles. The minimum Gasteiger partial charge on any atom is -0.368 e. The second kappa shape index (κ2) is 10.3. The maximum Gasteiger partial charge on any atom is 0.167 e. The quantitative estimate of drug-likeness (QED) is 0.315. The molecule has 3 aromatic rings. The summed E-state index contributed by atoms with van der Waals surface area (Å²) in [7, 11) is 0. The van der Waals surface area contributed by atoms with Gasteiger partial charge in [-0.05, 0) is 90.5 Å². The van der Waals surface area contributed by atoms with Gasteiger partial charge in [-0.2, -0.15) is 0 Å². The van der Waals surface area contributed by atoms with Gasteiger partial charge in [0.2, 0.25) is 0 Å². The van der Waals surface area contributed by atoms with Crippen molar-refractivity contribution in [3.63, 3.8) is 0 Å². The van der Waals surface area contributed by atoms with E-state index in [4.69, 9.17) is 4.74 Å². The normalized spacial score (nSPS) is 27.7. The molecular weight excluding hydrogens is 469 g/mol. The number of rotatable bonds is 5. The maximum atomic E-state index is 15.3. The van der Waals surface area contributed by atoms with Crippen LogP contribution in [0.3, 0.4) is 0 Å².